The zero-order valence-corrected chi connectivity index (χ0v) is 12.2. The first-order valence-corrected chi connectivity index (χ1v) is 6.91. The lowest BCUT2D eigenvalue weighted by atomic mass is 10.1. The van der Waals surface area contributed by atoms with Crippen LogP contribution in [0.1, 0.15) is 24.2 Å². The molecule has 0 bridgehead atoms. The van der Waals surface area contributed by atoms with Gasteiger partial charge in [0.2, 0.25) is 0 Å². The third kappa shape index (κ3) is 3.07. The van der Waals surface area contributed by atoms with Gasteiger partial charge in [0.1, 0.15) is 11.6 Å². The summed E-state index contributed by atoms with van der Waals surface area (Å²) >= 11 is 0. The second-order valence-electron chi connectivity index (χ2n) is 5.16. The average molecular weight is 280 g/mol. The van der Waals surface area contributed by atoms with Gasteiger partial charge in [-0.1, -0.05) is 0 Å². The van der Waals surface area contributed by atoms with Crippen LogP contribution >= 0.6 is 0 Å². The molecule has 2 rings (SSSR count). The highest BCUT2D eigenvalue weighted by molar-refractivity contribution is 5.98. The number of likely N-dealkylation sites (N-methyl/N-ethyl adjacent to an activating group) is 1. The molecule has 1 unspecified atom stereocenters. The van der Waals surface area contributed by atoms with E-state index in [0.29, 0.717) is 37.1 Å². The first-order chi connectivity index (χ1) is 9.52. The van der Waals surface area contributed by atoms with Crippen LogP contribution in [0.5, 0.6) is 0 Å². The van der Waals surface area contributed by atoms with Crippen LogP contribution in [-0.2, 0) is 0 Å². The molecule has 2 heterocycles. The van der Waals surface area contributed by atoms with E-state index in [4.69, 9.17) is 0 Å². The Morgan fingerprint density at radius 3 is 2.95 bits per heavy atom. The smallest absolute Gasteiger partial charge is 0.257 e. The lowest BCUT2D eigenvalue weighted by Gasteiger charge is -2.37. The highest BCUT2D eigenvalue weighted by atomic mass is 19.1. The van der Waals surface area contributed by atoms with Gasteiger partial charge >= 0.3 is 0 Å². The van der Waals surface area contributed by atoms with Gasteiger partial charge in [0.25, 0.3) is 5.91 Å². The van der Waals surface area contributed by atoms with Gasteiger partial charge in [-0.15, -0.1) is 0 Å². The third-order valence-corrected chi connectivity index (χ3v) is 3.68. The molecule has 5 nitrogen and oxygen atoms in total. The van der Waals surface area contributed by atoms with Gasteiger partial charge in [-0.2, -0.15) is 0 Å². The highest BCUT2D eigenvalue weighted by Gasteiger charge is 2.27. The topological polar surface area (TPSA) is 48.5 Å². The van der Waals surface area contributed by atoms with Crippen molar-refractivity contribution >= 4 is 11.7 Å². The number of pyridine rings is 1. The molecule has 1 aromatic heterocycles. The molecule has 1 N–H and O–H groups in total. The molecule has 1 aromatic rings. The van der Waals surface area contributed by atoms with Gasteiger partial charge in [-0.05, 0) is 27.0 Å². The molecule has 0 aliphatic carbocycles. The first kappa shape index (κ1) is 14.7. The van der Waals surface area contributed by atoms with E-state index in [2.05, 4.69) is 22.1 Å². The quantitative estimate of drug-likeness (QED) is 0.910. The number of carbonyl (C=O) groups excluding carboxylic acids is 1. The molecular weight excluding hydrogens is 259 g/mol. The maximum absolute atomic E-state index is 13.4. The minimum absolute atomic E-state index is 0.159. The molecule has 0 saturated carbocycles. The number of rotatable bonds is 3. The van der Waals surface area contributed by atoms with E-state index in [1.807, 2.05) is 14.0 Å². The second-order valence-corrected chi connectivity index (χ2v) is 5.16. The van der Waals surface area contributed by atoms with E-state index in [9.17, 15) is 9.18 Å². The van der Waals surface area contributed by atoms with Crippen LogP contribution in [0.15, 0.2) is 12.3 Å². The summed E-state index contributed by atoms with van der Waals surface area (Å²) in [6.45, 7) is 6.76. The zero-order valence-electron chi connectivity index (χ0n) is 12.2. The molecule has 1 aliphatic rings. The maximum atomic E-state index is 13.4. The van der Waals surface area contributed by atoms with E-state index in [1.54, 1.807) is 4.90 Å². The van der Waals surface area contributed by atoms with Crippen molar-refractivity contribution in [3.8, 4) is 0 Å². The lowest BCUT2D eigenvalue weighted by Crippen LogP contribution is -2.52. The minimum atomic E-state index is -0.489. The monoisotopic (exact) mass is 280 g/mol. The van der Waals surface area contributed by atoms with Gasteiger partial charge in [0.05, 0.1) is 11.8 Å². The fourth-order valence-corrected chi connectivity index (χ4v) is 2.31. The molecule has 0 spiro atoms. The normalized spacial score (nSPS) is 20.0. The van der Waals surface area contributed by atoms with E-state index in [0.717, 1.165) is 12.7 Å². The standard InChI is InChI=1S/C14H21FN4O/c1-4-16-13-12(7-11(15)8-17-13)14(20)19-6-5-18(3)10(2)9-19/h7-8,10H,4-6,9H2,1-3H3,(H,16,17). The Labute approximate surface area is 118 Å². The summed E-state index contributed by atoms with van der Waals surface area (Å²) < 4.78 is 13.4. The van der Waals surface area contributed by atoms with Crippen molar-refractivity contribution in [2.24, 2.45) is 0 Å². The van der Waals surface area contributed by atoms with Gasteiger partial charge in [-0.3, -0.25) is 4.79 Å². The van der Waals surface area contributed by atoms with Crippen LogP contribution in [0.4, 0.5) is 10.2 Å². The van der Waals surface area contributed by atoms with Crippen molar-refractivity contribution < 1.29 is 9.18 Å². The number of amides is 1. The Bertz CT molecular complexity index is 494. The number of nitrogens with one attached hydrogen (secondary N) is 1. The summed E-state index contributed by atoms with van der Waals surface area (Å²) in [6.07, 6.45) is 1.13. The Balaban J connectivity index is 2.22. The number of piperazine rings is 1. The summed E-state index contributed by atoms with van der Waals surface area (Å²) in [5.41, 5.74) is 0.309. The van der Waals surface area contributed by atoms with Crippen molar-refractivity contribution in [1.29, 1.82) is 0 Å². The molecule has 1 fully saturated rings. The predicted molar refractivity (Wildman–Crippen MR) is 76.4 cm³/mol. The third-order valence-electron chi connectivity index (χ3n) is 3.68. The molecule has 6 heteroatoms. The highest BCUT2D eigenvalue weighted by Crippen LogP contribution is 2.18. The number of hydrogen-bond donors (Lipinski definition) is 1. The van der Waals surface area contributed by atoms with Crippen LogP contribution in [0, 0.1) is 5.82 Å². The SMILES string of the molecule is CCNc1ncc(F)cc1C(=O)N1CCN(C)C(C)C1. The van der Waals surface area contributed by atoms with Crippen LogP contribution in [0.25, 0.3) is 0 Å². The molecule has 110 valence electrons. The molecule has 1 atom stereocenters. The number of aromatic nitrogens is 1. The lowest BCUT2D eigenvalue weighted by molar-refractivity contribution is 0.0572. The summed E-state index contributed by atoms with van der Waals surface area (Å²) in [6, 6.07) is 1.56. The van der Waals surface area contributed by atoms with Crippen LogP contribution < -0.4 is 5.32 Å². The Morgan fingerprint density at radius 1 is 1.55 bits per heavy atom. The molecule has 20 heavy (non-hydrogen) atoms. The van der Waals surface area contributed by atoms with Gasteiger partial charge in [0, 0.05) is 32.2 Å². The number of nitrogens with zero attached hydrogens (tertiary/aromatic N) is 3. The van der Waals surface area contributed by atoms with Crippen LogP contribution in [-0.4, -0.2) is 60.0 Å². The second kappa shape index (κ2) is 6.17. The van der Waals surface area contributed by atoms with E-state index in [1.165, 1.54) is 6.07 Å². The molecule has 1 saturated heterocycles. The predicted octanol–water partition coefficient (Wildman–Crippen LogP) is 1.43. The van der Waals surface area contributed by atoms with Crippen molar-refractivity contribution in [3.63, 3.8) is 0 Å². The molecular formula is C14H21FN4O. The maximum Gasteiger partial charge on any atom is 0.257 e. The molecule has 1 aliphatic heterocycles. The summed E-state index contributed by atoms with van der Waals surface area (Å²) in [5.74, 6) is -0.199. The van der Waals surface area contributed by atoms with Crippen molar-refractivity contribution in [2.75, 3.05) is 38.5 Å². The van der Waals surface area contributed by atoms with Crippen LogP contribution in [0.2, 0.25) is 0 Å². The average Bonchev–Trinajstić information content (AvgIpc) is 2.43. The number of hydrogen-bond acceptors (Lipinski definition) is 4. The Morgan fingerprint density at radius 2 is 2.30 bits per heavy atom. The summed E-state index contributed by atoms with van der Waals surface area (Å²) in [7, 11) is 2.04. The van der Waals surface area contributed by atoms with Gasteiger partial charge in [-0.25, -0.2) is 9.37 Å². The number of carbonyl (C=O) groups is 1. The van der Waals surface area contributed by atoms with Crippen molar-refractivity contribution in [1.82, 2.24) is 14.8 Å². The fourth-order valence-electron chi connectivity index (χ4n) is 2.31. The Kier molecular flexibility index (Phi) is 4.54. The first-order valence-electron chi connectivity index (χ1n) is 6.91. The van der Waals surface area contributed by atoms with Crippen LogP contribution in [0.3, 0.4) is 0 Å². The fraction of sp³-hybridized carbons (Fsp3) is 0.571. The number of anilines is 1. The molecule has 1 amide bonds. The Hall–Kier alpha value is -1.69. The minimum Gasteiger partial charge on any atom is -0.370 e. The zero-order chi connectivity index (χ0) is 14.7. The van der Waals surface area contributed by atoms with Crippen molar-refractivity contribution in [3.05, 3.63) is 23.6 Å². The number of halogens is 1. The summed E-state index contributed by atoms with van der Waals surface area (Å²) in [5, 5.41) is 3.01. The van der Waals surface area contributed by atoms with E-state index in [-0.39, 0.29) is 5.91 Å². The summed E-state index contributed by atoms with van der Waals surface area (Å²) in [4.78, 5) is 20.5. The molecule has 0 radical (unpaired) electrons. The molecule has 0 aromatic carbocycles. The van der Waals surface area contributed by atoms with Crippen molar-refractivity contribution in [2.45, 2.75) is 19.9 Å². The largest absolute Gasteiger partial charge is 0.370 e. The van der Waals surface area contributed by atoms with E-state index < -0.39 is 5.82 Å². The van der Waals surface area contributed by atoms with Gasteiger partial charge < -0.3 is 15.1 Å². The van der Waals surface area contributed by atoms with Gasteiger partial charge in [0.15, 0.2) is 0 Å². The van der Waals surface area contributed by atoms with E-state index >= 15 is 0 Å².